The first kappa shape index (κ1) is 19.6. The second kappa shape index (κ2) is 16.3. The number of aliphatic carboxylic acids is 1. The van der Waals surface area contributed by atoms with Crippen molar-refractivity contribution in [2.45, 2.75) is 51.0 Å². The summed E-state index contributed by atoms with van der Waals surface area (Å²) >= 11 is 0. The van der Waals surface area contributed by atoms with Crippen molar-refractivity contribution in [2.75, 3.05) is 19.6 Å². The molecule has 0 aromatic heterocycles. The monoisotopic (exact) mass is 262 g/mol. The number of unbranched alkanes of at least 4 members (excludes halogenated alkanes) is 4. The number of nitrogens with two attached hydrogens (primary N) is 4. The van der Waals surface area contributed by atoms with Gasteiger partial charge >= 0.3 is 5.97 Å². The molecule has 0 rings (SSSR count). The lowest BCUT2D eigenvalue weighted by Gasteiger charge is -2.03. The maximum atomic E-state index is 10.1. The van der Waals surface area contributed by atoms with Crippen LogP contribution in [-0.2, 0) is 4.79 Å². The Kier molecular flexibility index (Phi) is 17.8. The molecule has 0 fully saturated rings. The predicted molar refractivity (Wildman–Crippen MR) is 75.1 cm³/mol. The number of hydrogen-bond donors (Lipinski definition) is 5. The molecular formula is C12H30N4O2. The van der Waals surface area contributed by atoms with Crippen molar-refractivity contribution in [3.8, 4) is 0 Å². The fraction of sp³-hybridized carbons (Fsp3) is 0.917. The Morgan fingerprint density at radius 1 is 0.833 bits per heavy atom. The number of rotatable bonds is 10. The lowest BCUT2D eigenvalue weighted by Crippen LogP contribution is -2.29. The van der Waals surface area contributed by atoms with Crippen LogP contribution in [0.2, 0.25) is 0 Å². The van der Waals surface area contributed by atoms with E-state index in [0.29, 0.717) is 13.0 Å². The van der Waals surface area contributed by atoms with E-state index in [9.17, 15) is 4.79 Å². The van der Waals surface area contributed by atoms with Gasteiger partial charge in [-0.3, -0.25) is 4.79 Å². The van der Waals surface area contributed by atoms with E-state index in [4.69, 9.17) is 28.0 Å². The molecule has 18 heavy (non-hydrogen) atoms. The van der Waals surface area contributed by atoms with Crippen LogP contribution in [0.5, 0.6) is 0 Å². The summed E-state index contributed by atoms with van der Waals surface area (Å²) in [7, 11) is 0. The molecule has 0 aliphatic heterocycles. The van der Waals surface area contributed by atoms with E-state index in [0.717, 1.165) is 38.8 Å². The molecule has 0 aromatic rings. The van der Waals surface area contributed by atoms with Gasteiger partial charge in [-0.25, -0.2) is 0 Å². The zero-order chi connectivity index (χ0) is 14.2. The summed E-state index contributed by atoms with van der Waals surface area (Å²) in [6.45, 7) is 2.25. The smallest absolute Gasteiger partial charge is 0.320 e. The standard InChI is InChI=1S/C6H14N2O2.C6H16N2/c7-4-2-1-3-5(8)6(9)10;7-5-3-1-2-4-6-8/h5H,1-4,7-8H2,(H,9,10);1-8H2. The summed E-state index contributed by atoms with van der Waals surface area (Å²) in [6.07, 6.45) is 6.96. The Morgan fingerprint density at radius 3 is 1.56 bits per heavy atom. The SMILES string of the molecule is NCCCCC(N)C(=O)O.NCCCCCCN. The molecule has 110 valence electrons. The summed E-state index contributed by atoms with van der Waals surface area (Å²) in [5, 5.41) is 8.33. The van der Waals surface area contributed by atoms with E-state index in [1.54, 1.807) is 0 Å². The van der Waals surface area contributed by atoms with Crippen molar-refractivity contribution in [3.05, 3.63) is 0 Å². The molecule has 1 unspecified atom stereocenters. The van der Waals surface area contributed by atoms with E-state index in [2.05, 4.69) is 0 Å². The second-order valence-electron chi connectivity index (χ2n) is 4.22. The van der Waals surface area contributed by atoms with Crippen molar-refractivity contribution in [1.29, 1.82) is 0 Å². The molecule has 1 atom stereocenters. The van der Waals surface area contributed by atoms with Crippen molar-refractivity contribution in [1.82, 2.24) is 0 Å². The Balaban J connectivity index is 0. The van der Waals surface area contributed by atoms with Crippen molar-refractivity contribution in [2.24, 2.45) is 22.9 Å². The van der Waals surface area contributed by atoms with Gasteiger partial charge in [0.1, 0.15) is 6.04 Å². The third kappa shape index (κ3) is 17.7. The number of carboxylic acids is 1. The van der Waals surface area contributed by atoms with Crippen LogP contribution in [-0.4, -0.2) is 36.8 Å². The molecule has 0 radical (unpaired) electrons. The average molecular weight is 262 g/mol. The minimum atomic E-state index is -0.933. The van der Waals surface area contributed by atoms with Gasteiger partial charge < -0.3 is 28.0 Å². The van der Waals surface area contributed by atoms with E-state index in [1.165, 1.54) is 12.8 Å². The van der Waals surface area contributed by atoms with E-state index < -0.39 is 12.0 Å². The van der Waals surface area contributed by atoms with Crippen LogP contribution in [0.15, 0.2) is 0 Å². The van der Waals surface area contributed by atoms with Crippen LogP contribution in [0.3, 0.4) is 0 Å². The highest BCUT2D eigenvalue weighted by atomic mass is 16.4. The summed E-state index contributed by atoms with van der Waals surface area (Å²) in [5.41, 5.74) is 21.0. The summed E-state index contributed by atoms with van der Waals surface area (Å²) in [4.78, 5) is 10.1. The maximum absolute atomic E-state index is 10.1. The molecule has 0 aliphatic rings. The van der Waals surface area contributed by atoms with E-state index in [-0.39, 0.29) is 0 Å². The van der Waals surface area contributed by atoms with Crippen LogP contribution < -0.4 is 22.9 Å². The fourth-order valence-electron chi connectivity index (χ4n) is 1.27. The van der Waals surface area contributed by atoms with E-state index in [1.807, 2.05) is 0 Å². The Bertz CT molecular complexity index is 173. The van der Waals surface area contributed by atoms with Gasteiger partial charge in [-0.1, -0.05) is 19.3 Å². The first-order chi connectivity index (χ1) is 8.59. The minimum Gasteiger partial charge on any atom is -0.480 e. The zero-order valence-electron chi connectivity index (χ0n) is 11.3. The molecule has 0 heterocycles. The van der Waals surface area contributed by atoms with Crippen LogP contribution in [0.4, 0.5) is 0 Å². The largest absolute Gasteiger partial charge is 0.480 e. The highest BCUT2D eigenvalue weighted by molar-refractivity contribution is 5.72. The first-order valence-electron chi connectivity index (χ1n) is 6.68. The highest BCUT2D eigenvalue weighted by Crippen LogP contribution is 1.97. The van der Waals surface area contributed by atoms with Gasteiger partial charge in [0.25, 0.3) is 0 Å². The van der Waals surface area contributed by atoms with Gasteiger partial charge in [-0.15, -0.1) is 0 Å². The Morgan fingerprint density at radius 2 is 1.22 bits per heavy atom. The fourth-order valence-corrected chi connectivity index (χ4v) is 1.27. The van der Waals surface area contributed by atoms with Gasteiger partial charge in [0, 0.05) is 0 Å². The quantitative estimate of drug-likeness (QED) is 0.351. The number of carbonyl (C=O) groups is 1. The van der Waals surface area contributed by atoms with Crippen molar-refractivity contribution < 1.29 is 9.90 Å². The normalized spacial score (nSPS) is 11.6. The zero-order valence-corrected chi connectivity index (χ0v) is 11.3. The van der Waals surface area contributed by atoms with Crippen LogP contribution in [0.25, 0.3) is 0 Å². The van der Waals surface area contributed by atoms with Gasteiger partial charge in [-0.2, -0.15) is 0 Å². The van der Waals surface area contributed by atoms with Crippen LogP contribution in [0.1, 0.15) is 44.9 Å². The molecule has 6 nitrogen and oxygen atoms in total. The van der Waals surface area contributed by atoms with Crippen LogP contribution >= 0.6 is 0 Å². The number of hydrogen-bond acceptors (Lipinski definition) is 5. The summed E-state index contributed by atoms with van der Waals surface area (Å²) in [5.74, 6) is -0.933. The Hall–Kier alpha value is -0.690. The molecule has 0 spiro atoms. The molecule has 0 bridgehead atoms. The summed E-state index contributed by atoms with van der Waals surface area (Å²) in [6, 6.07) is -0.716. The minimum absolute atomic E-state index is 0.520. The highest BCUT2D eigenvalue weighted by Gasteiger charge is 2.09. The second-order valence-corrected chi connectivity index (χ2v) is 4.22. The van der Waals surface area contributed by atoms with Gasteiger partial charge in [0.2, 0.25) is 0 Å². The number of carboxylic acid groups (broad SMARTS) is 1. The van der Waals surface area contributed by atoms with Crippen molar-refractivity contribution in [3.63, 3.8) is 0 Å². The van der Waals surface area contributed by atoms with Crippen molar-refractivity contribution >= 4 is 5.97 Å². The third-order valence-corrected chi connectivity index (χ3v) is 2.44. The molecule has 0 amide bonds. The predicted octanol–water partition coefficient (Wildman–Crippen LogP) is -0.00850. The average Bonchev–Trinajstić information content (AvgIpc) is 2.35. The van der Waals surface area contributed by atoms with Gasteiger partial charge in [0.05, 0.1) is 0 Å². The molecule has 0 saturated carbocycles. The molecular weight excluding hydrogens is 232 g/mol. The molecule has 6 heteroatoms. The van der Waals surface area contributed by atoms with Gasteiger partial charge in [0.15, 0.2) is 0 Å². The van der Waals surface area contributed by atoms with Crippen LogP contribution in [0, 0.1) is 0 Å². The molecule has 0 aliphatic carbocycles. The molecule has 9 N–H and O–H groups in total. The maximum Gasteiger partial charge on any atom is 0.320 e. The molecule has 0 saturated heterocycles. The summed E-state index contributed by atoms with van der Waals surface area (Å²) < 4.78 is 0. The first-order valence-corrected chi connectivity index (χ1v) is 6.68. The topological polar surface area (TPSA) is 141 Å². The lowest BCUT2D eigenvalue weighted by atomic mass is 10.1. The third-order valence-electron chi connectivity index (χ3n) is 2.44. The lowest BCUT2D eigenvalue weighted by molar-refractivity contribution is -0.138. The van der Waals surface area contributed by atoms with E-state index >= 15 is 0 Å². The van der Waals surface area contributed by atoms with Gasteiger partial charge in [-0.05, 0) is 45.3 Å². The Labute approximate surface area is 110 Å². The molecule has 0 aromatic carbocycles.